The minimum Gasteiger partial charge on any atom is -0.459 e. The molecule has 10 atom stereocenters. The van der Waals surface area contributed by atoms with E-state index in [1.165, 1.54) is 57.4 Å². The molecular formula is C37H42O14S. The number of ether oxygens (including phenoxy) is 9. The zero-order chi connectivity index (χ0) is 37.2. The van der Waals surface area contributed by atoms with E-state index < -0.39 is 85.1 Å². The first-order chi connectivity index (χ1) is 25.2. The molecule has 0 unspecified atom stereocenters. The van der Waals surface area contributed by atoms with Gasteiger partial charge in [0, 0.05) is 33.3 Å². The number of hydrogen-bond donors (Lipinski definition) is 2. The van der Waals surface area contributed by atoms with Gasteiger partial charge >= 0.3 is 17.9 Å². The van der Waals surface area contributed by atoms with E-state index in [1.807, 2.05) is 30.3 Å². The Morgan fingerprint density at radius 2 is 1.13 bits per heavy atom. The van der Waals surface area contributed by atoms with Crippen LogP contribution in [0.2, 0.25) is 0 Å². The number of rotatable bonds is 14. The first-order valence-electron chi connectivity index (χ1n) is 16.4. The highest BCUT2D eigenvalue weighted by molar-refractivity contribution is 7.99. The van der Waals surface area contributed by atoms with Gasteiger partial charge in [0.05, 0.1) is 16.7 Å². The summed E-state index contributed by atoms with van der Waals surface area (Å²) in [5, 5.41) is 21.6. The van der Waals surface area contributed by atoms with Crippen LogP contribution in [0, 0.1) is 0 Å². The van der Waals surface area contributed by atoms with Gasteiger partial charge in [0.2, 0.25) is 0 Å². The van der Waals surface area contributed by atoms with Crippen LogP contribution in [0.25, 0.3) is 0 Å². The quantitative estimate of drug-likeness (QED) is 0.182. The van der Waals surface area contributed by atoms with Gasteiger partial charge in [-0.2, -0.15) is 0 Å². The molecule has 0 spiro atoms. The van der Waals surface area contributed by atoms with E-state index in [4.69, 9.17) is 42.6 Å². The molecular weight excluding hydrogens is 700 g/mol. The summed E-state index contributed by atoms with van der Waals surface area (Å²) < 4.78 is 51.1. The number of aliphatic hydroxyl groups is 2. The highest BCUT2D eigenvalue weighted by atomic mass is 32.2. The second-order valence-electron chi connectivity index (χ2n) is 11.8. The molecule has 280 valence electrons. The van der Waals surface area contributed by atoms with Crippen LogP contribution < -0.4 is 0 Å². The lowest BCUT2D eigenvalue weighted by atomic mass is 9.99. The van der Waals surface area contributed by atoms with Crippen LogP contribution in [0.3, 0.4) is 0 Å². The lowest BCUT2D eigenvalue weighted by Crippen LogP contribution is -2.60. The predicted octanol–water partition coefficient (Wildman–Crippen LogP) is 2.88. The minimum absolute atomic E-state index is 0.0849. The van der Waals surface area contributed by atoms with Crippen LogP contribution in [0.1, 0.15) is 31.1 Å². The topological polar surface area (TPSA) is 175 Å². The van der Waals surface area contributed by atoms with E-state index in [1.54, 1.807) is 37.4 Å². The lowest BCUT2D eigenvalue weighted by molar-refractivity contribution is -0.293. The van der Waals surface area contributed by atoms with Gasteiger partial charge in [-0.25, -0.2) is 14.4 Å². The molecule has 2 fully saturated rings. The first kappa shape index (κ1) is 39.3. The molecule has 2 heterocycles. The molecule has 2 N–H and O–H groups in total. The van der Waals surface area contributed by atoms with Crippen molar-refractivity contribution in [3.05, 3.63) is 102 Å². The summed E-state index contributed by atoms with van der Waals surface area (Å²) in [6.07, 6.45) is -9.70. The average Bonchev–Trinajstić information content (AvgIpc) is 3.18. The number of benzene rings is 3. The normalized spacial score (nSPS) is 28.8. The smallest absolute Gasteiger partial charge is 0.339 e. The van der Waals surface area contributed by atoms with Crippen molar-refractivity contribution in [3.8, 4) is 0 Å². The summed E-state index contributed by atoms with van der Waals surface area (Å²) in [6.45, 7) is -0.776. The Labute approximate surface area is 305 Å². The molecule has 0 saturated carbocycles. The standard InChI is InChI=1S/C37H42O14S/c1-43-29-26(50-37(32(45-3)31(29)44-2)52-22-15-9-6-10-16-22)20-48-35(42)24-18-12-11-17-23(24)34(41)47-19-25-27(38)28(39)30(36(46-4)49-25)51-33(40)21-13-7-5-8-14-21/h5-18,25-32,36-39H,19-20H2,1-4H3/t25-,26-,27-,28+,29+,30-,31+,32-,36+,37+/m1/s1. The number of methoxy groups -OCH3 is 4. The molecule has 2 saturated heterocycles. The summed E-state index contributed by atoms with van der Waals surface area (Å²) >= 11 is 1.43. The number of carbonyl (C=O) groups is 3. The maximum Gasteiger partial charge on any atom is 0.339 e. The van der Waals surface area contributed by atoms with Gasteiger partial charge in [0.15, 0.2) is 12.4 Å². The molecule has 0 bridgehead atoms. The minimum atomic E-state index is -1.64. The Morgan fingerprint density at radius 3 is 1.69 bits per heavy atom. The fraction of sp³-hybridized carbons (Fsp3) is 0.432. The van der Waals surface area contributed by atoms with Gasteiger partial charge in [0.25, 0.3) is 0 Å². The Kier molecular flexibility index (Phi) is 14.2. The van der Waals surface area contributed by atoms with Gasteiger partial charge in [0.1, 0.15) is 61.4 Å². The van der Waals surface area contributed by atoms with E-state index in [-0.39, 0.29) is 23.3 Å². The molecule has 0 aliphatic carbocycles. The van der Waals surface area contributed by atoms with Crippen molar-refractivity contribution in [2.45, 2.75) is 65.5 Å². The molecule has 2 aliphatic heterocycles. The highest BCUT2D eigenvalue weighted by Crippen LogP contribution is 2.36. The third kappa shape index (κ3) is 9.17. The Bertz CT molecular complexity index is 1610. The average molecular weight is 743 g/mol. The largest absolute Gasteiger partial charge is 0.459 e. The summed E-state index contributed by atoms with van der Waals surface area (Å²) in [5.74, 6) is -2.50. The molecule has 2 aliphatic rings. The SMILES string of the molecule is CO[C@H]1O[C@H](COC(=O)c2ccccc2C(=O)OC[C@H]2O[C@@H](Sc3ccccc3)[C@H](OC)[C@@H](OC)[C@H]2OC)[C@@H](O)[C@H](O)[C@H]1OC(=O)c1ccccc1. The molecule has 3 aromatic rings. The number of aliphatic hydroxyl groups excluding tert-OH is 2. The van der Waals surface area contributed by atoms with Crippen molar-refractivity contribution in [2.75, 3.05) is 41.7 Å². The van der Waals surface area contributed by atoms with Gasteiger partial charge < -0.3 is 52.8 Å². The van der Waals surface area contributed by atoms with Crippen molar-refractivity contribution >= 4 is 29.7 Å². The molecule has 0 aromatic heterocycles. The molecule has 52 heavy (non-hydrogen) atoms. The van der Waals surface area contributed by atoms with E-state index in [2.05, 4.69) is 0 Å². The van der Waals surface area contributed by atoms with Crippen LogP contribution in [0.5, 0.6) is 0 Å². The maximum atomic E-state index is 13.4. The monoisotopic (exact) mass is 742 g/mol. The third-order valence-electron chi connectivity index (χ3n) is 8.66. The second-order valence-corrected chi connectivity index (χ2v) is 13.0. The van der Waals surface area contributed by atoms with Crippen molar-refractivity contribution in [2.24, 2.45) is 0 Å². The highest BCUT2D eigenvalue weighted by Gasteiger charge is 2.49. The fourth-order valence-electron chi connectivity index (χ4n) is 5.98. The van der Waals surface area contributed by atoms with E-state index in [0.717, 1.165) is 4.90 Å². The van der Waals surface area contributed by atoms with E-state index in [9.17, 15) is 24.6 Å². The van der Waals surface area contributed by atoms with Crippen LogP contribution >= 0.6 is 11.8 Å². The summed E-state index contributed by atoms with van der Waals surface area (Å²) in [4.78, 5) is 40.3. The Morgan fingerprint density at radius 1 is 0.596 bits per heavy atom. The van der Waals surface area contributed by atoms with Crippen LogP contribution in [0.4, 0.5) is 0 Å². The third-order valence-corrected chi connectivity index (χ3v) is 9.81. The van der Waals surface area contributed by atoms with Gasteiger partial charge in [-0.3, -0.25) is 0 Å². The van der Waals surface area contributed by atoms with E-state index >= 15 is 0 Å². The molecule has 3 aromatic carbocycles. The van der Waals surface area contributed by atoms with E-state index in [0.29, 0.717) is 0 Å². The lowest BCUT2D eigenvalue weighted by Gasteiger charge is -2.44. The van der Waals surface area contributed by atoms with Gasteiger partial charge in [-0.15, -0.1) is 0 Å². The van der Waals surface area contributed by atoms with Gasteiger partial charge in [-0.05, 0) is 36.4 Å². The Balaban J connectivity index is 1.21. The molecule has 14 nitrogen and oxygen atoms in total. The maximum absolute atomic E-state index is 13.4. The van der Waals surface area contributed by atoms with Crippen molar-refractivity contribution in [1.82, 2.24) is 0 Å². The second kappa shape index (κ2) is 18.7. The predicted molar refractivity (Wildman–Crippen MR) is 184 cm³/mol. The van der Waals surface area contributed by atoms with Crippen molar-refractivity contribution < 1.29 is 67.2 Å². The first-order valence-corrected chi connectivity index (χ1v) is 17.3. The Hall–Kier alpha value is -3.90. The molecule has 15 heteroatoms. The van der Waals surface area contributed by atoms with Gasteiger partial charge in [-0.1, -0.05) is 60.3 Å². The molecule has 0 radical (unpaired) electrons. The zero-order valence-corrected chi connectivity index (χ0v) is 29.8. The van der Waals surface area contributed by atoms with Crippen LogP contribution in [-0.4, -0.2) is 130 Å². The zero-order valence-electron chi connectivity index (χ0n) is 29.0. The van der Waals surface area contributed by atoms with Crippen molar-refractivity contribution in [3.63, 3.8) is 0 Å². The van der Waals surface area contributed by atoms with Crippen LogP contribution in [0.15, 0.2) is 89.8 Å². The fourth-order valence-corrected chi connectivity index (χ4v) is 7.16. The number of carbonyl (C=O) groups excluding carboxylic acids is 3. The summed E-state index contributed by atoms with van der Waals surface area (Å²) in [6, 6.07) is 23.6. The summed E-state index contributed by atoms with van der Waals surface area (Å²) in [5.41, 5.74) is -0.508. The van der Waals surface area contributed by atoms with Crippen LogP contribution in [-0.2, 0) is 42.6 Å². The molecule has 0 amide bonds. The molecule has 5 rings (SSSR count). The number of esters is 3. The van der Waals surface area contributed by atoms with Crippen molar-refractivity contribution in [1.29, 1.82) is 0 Å². The number of hydrogen-bond acceptors (Lipinski definition) is 15. The number of thioether (sulfide) groups is 1. The summed E-state index contributed by atoms with van der Waals surface area (Å²) in [7, 11) is 5.86.